The molecule has 0 aliphatic carbocycles. The third kappa shape index (κ3) is 2.65. The third-order valence-corrected chi connectivity index (χ3v) is 2.63. The number of rotatable bonds is 4. The quantitative estimate of drug-likeness (QED) is 0.789. The maximum absolute atomic E-state index is 11.1. The van der Waals surface area contributed by atoms with Gasteiger partial charge in [-0.3, -0.25) is 0 Å². The molecule has 0 radical (unpaired) electrons. The number of aliphatic hydroxyl groups is 1. The van der Waals surface area contributed by atoms with Crippen LogP contribution in [0.1, 0.15) is 12.5 Å². The predicted molar refractivity (Wildman–Crippen MR) is 64.6 cm³/mol. The number of aliphatic hydroxyl groups excluding tert-OH is 1. The molecule has 1 heterocycles. The van der Waals surface area contributed by atoms with E-state index in [1.54, 1.807) is 0 Å². The number of carbonyl (C=O) groups is 1. The second-order valence-electron chi connectivity index (χ2n) is 3.95. The molecule has 0 aliphatic heterocycles. The summed E-state index contributed by atoms with van der Waals surface area (Å²) < 4.78 is 4.92. The van der Waals surface area contributed by atoms with Gasteiger partial charge in [0.2, 0.25) is 0 Å². The fourth-order valence-corrected chi connectivity index (χ4v) is 1.72. The summed E-state index contributed by atoms with van der Waals surface area (Å²) in [5.41, 5.74) is 2.18. The van der Waals surface area contributed by atoms with E-state index in [4.69, 9.17) is 9.84 Å². The van der Waals surface area contributed by atoms with Crippen molar-refractivity contribution in [1.29, 1.82) is 0 Å². The molecule has 0 unspecified atom stereocenters. The first kappa shape index (κ1) is 11.7. The van der Waals surface area contributed by atoms with Gasteiger partial charge in [-0.1, -0.05) is 18.2 Å². The monoisotopic (exact) mass is 233 g/mol. The van der Waals surface area contributed by atoms with Crippen molar-refractivity contribution in [1.82, 2.24) is 4.98 Å². The molecule has 1 atom stereocenters. The van der Waals surface area contributed by atoms with Crippen LogP contribution in [0.25, 0.3) is 10.9 Å². The molecule has 17 heavy (non-hydrogen) atoms. The molecule has 2 rings (SSSR count). The van der Waals surface area contributed by atoms with Crippen molar-refractivity contribution in [2.24, 2.45) is 0 Å². The number of carbonyl (C=O) groups excluding carboxylic acids is 1. The van der Waals surface area contributed by atoms with E-state index in [2.05, 4.69) is 4.98 Å². The fraction of sp³-hybridized carbons (Fsp3) is 0.308. The molecule has 0 amide bonds. The summed E-state index contributed by atoms with van der Waals surface area (Å²) in [5, 5.41) is 10.1. The number of para-hydroxylation sites is 1. The Morgan fingerprint density at radius 2 is 2.24 bits per heavy atom. The lowest BCUT2D eigenvalue weighted by molar-refractivity contribution is -0.152. The summed E-state index contributed by atoms with van der Waals surface area (Å²) in [6, 6.07) is 7.97. The molecule has 0 saturated carbocycles. The number of ether oxygens (including phenoxy) is 1. The first-order valence-electron chi connectivity index (χ1n) is 5.58. The van der Waals surface area contributed by atoms with E-state index in [9.17, 15) is 4.79 Å². The molecule has 0 aliphatic rings. The number of hydrogen-bond donors (Lipinski definition) is 2. The Kier molecular flexibility index (Phi) is 3.44. The average Bonchev–Trinajstić information content (AvgIpc) is 2.72. The maximum Gasteiger partial charge on any atom is 0.334 e. The molecule has 4 heteroatoms. The van der Waals surface area contributed by atoms with Gasteiger partial charge in [-0.05, 0) is 18.6 Å². The maximum atomic E-state index is 11.1. The van der Waals surface area contributed by atoms with E-state index in [-0.39, 0.29) is 6.61 Å². The van der Waals surface area contributed by atoms with Crippen LogP contribution in [0.3, 0.4) is 0 Å². The van der Waals surface area contributed by atoms with Gasteiger partial charge in [0.15, 0.2) is 0 Å². The highest BCUT2D eigenvalue weighted by Gasteiger charge is 2.10. The SMILES string of the molecule is C[C@H](O)C(=O)OCCc1c[nH]c2ccccc12. The zero-order valence-corrected chi connectivity index (χ0v) is 9.64. The van der Waals surface area contributed by atoms with Gasteiger partial charge in [0.25, 0.3) is 0 Å². The van der Waals surface area contributed by atoms with Crippen LogP contribution >= 0.6 is 0 Å². The summed E-state index contributed by atoms with van der Waals surface area (Å²) in [6.45, 7) is 1.68. The standard InChI is InChI=1S/C13H15NO3/c1-9(15)13(16)17-7-6-10-8-14-12-5-3-2-4-11(10)12/h2-5,8-9,14-15H,6-7H2,1H3/t9-/m0/s1. The van der Waals surface area contributed by atoms with E-state index >= 15 is 0 Å². The van der Waals surface area contributed by atoms with Crippen LogP contribution in [0.5, 0.6) is 0 Å². The molecule has 0 fully saturated rings. The molecule has 0 bridgehead atoms. The van der Waals surface area contributed by atoms with Crippen LogP contribution in [0.15, 0.2) is 30.5 Å². The minimum Gasteiger partial charge on any atom is -0.463 e. The molecule has 90 valence electrons. The third-order valence-electron chi connectivity index (χ3n) is 2.63. The smallest absolute Gasteiger partial charge is 0.334 e. The number of aromatic nitrogens is 1. The molecule has 4 nitrogen and oxygen atoms in total. The van der Waals surface area contributed by atoms with Crippen molar-refractivity contribution in [2.45, 2.75) is 19.4 Å². The minimum atomic E-state index is -1.06. The first-order valence-corrected chi connectivity index (χ1v) is 5.58. The Balaban J connectivity index is 1.98. The fourth-order valence-electron chi connectivity index (χ4n) is 1.72. The number of H-pyrrole nitrogens is 1. The summed E-state index contributed by atoms with van der Waals surface area (Å²) in [6.07, 6.45) is 1.50. The lowest BCUT2D eigenvalue weighted by atomic mass is 10.1. The Morgan fingerprint density at radius 1 is 1.47 bits per heavy atom. The van der Waals surface area contributed by atoms with Crippen LogP contribution in [0, 0.1) is 0 Å². The van der Waals surface area contributed by atoms with Gasteiger partial charge in [0.1, 0.15) is 6.10 Å². The minimum absolute atomic E-state index is 0.283. The summed E-state index contributed by atoms with van der Waals surface area (Å²) in [5.74, 6) is -0.579. The zero-order chi connectivity index (χ0) is 12.3. The van der Waals surface area contributed by atoms with Crippen LogP contribution < -0.4 is 0 Å². The molecule has 2 aromatic rings. The first-order chi connectivity index (χ1) is 8.18. The van der Waals surface area contributed by atoms with Gasteiger partial charge in [-0.15, -0.1) is 0 Å². The number of nitrogens with one attached hydrogen (secondary N) is 1. The van der Waals surface area contributed by atoms with Gasteiger partial charge in [0.05, 0.1) is 6.61 Å². The second kappa shape index (κ2) is 5.01. The lowest BCUT2D eigenvalue weighted by Gasteiger charge is -2.05. The largest absolute Gasteiger partial charge is 0.463 e. The van der Waals surface area contributed by atoms with E-state index in [0.717, 1.165) is 16.5 Å². The van der Waals surface area contributed by atoms with Crippen LogP contribution in [0.4, 0.5) is 0 Å². The van der Waals surface area contributed by atoms with E-state index in [0.29, 0.717) is 6.42 Å². The van der Waals surface area contributed by atoms with Crippen LogP contribution in [-0.2, 0) is 16.0 Å². The van der Waals surface area contributed by atoms with Crippen molar-refractivity contribution < 1.29 is 14.6 Å². The highest BCUT2D eigenvalue weighted by Crippen LogP contribution is 2.17. The summed E-state index contributed by atoms with van der Waals surface area (Å²) in [7, 11) is 0. The topological polar surface area (TPSA) is 62.3 Å². The van der Waals surface area contributed by atoms with Crippen molar-refractivity contribution in [2.75, 3.05) is 6.61 Å². The Morgan fingerprint density at radius 3 is 3.00 bits per heavy atom. The normalized spacial score (nSPS) is 12.6. The summed E-state index contributed by atoms with van der Waals surface area (Å²) in [4.78, 5) is 14.2. The van der Waals surface area contributed by atoms with Gasteiger partial charge >= 0.3 is 5.97 Å². The van der Waals surface area contributed by atoms with Crippen LogP contribution in [-0.4, -0.2) is 28.8 Å². The van der Waals surface area contributed by atoms with E-state index in [1.807, 2.05) is 30.5 Å². The van der Waals surface area contributed by atoms with E-state index in [1.165, 1.54) is 6.92 Å². The number of aromatic amines is 1. The van der Waals surface area contributed by atoms with Gasteiger partial charge in [-0.25, -0.2) is 4.79 Å². The molecule has 0 saturated heterocycles. The number of hydrogen-bond acceptors (Lipinski definition) is 3. The van der Waals surface area contributed by atoms with Gasteiger partial charge in [0, 0.05) is 23.5 Å². The van der Waals surface area contributed by atoms with E-state index < -0.39 is 12.1 Å². The molecule has 1 aromatic carbocycles. The Labute approximate surface area is 99.2 Å². The second-order valence-corrected chi connectivity index (χ2v) is 3.95. The average molecular weight is 233 g/mol. The predicted octanol–water partition coefficient (Wildman–Crippen LogP) is 1.63. The van der Waals surface area contributed by atoms with Crippen molar-refractivity contribution >= 4 is 16.9 Å². The highest BCUT2D eigenvalue weighted by molar-refractivity contribution is 5.83. The lowest BCUT2D eigenvalue weighted by Crippen LogP contribution is -2.20. The van der Waals surface area contributed by atoms with Crippen LogP contribution in [0.2, 0.25) is 0 Å². The number of esters is 1. The molecular weight excluding hydrogens is 218 g/mol. The number of benzene rings is 1. The molecule has 2 N–H and O–H groups in total. The molecule has 0 spiro atoms. The number of fused-ring (bicyclic) bond motifs is 1. The Hall–Kier alpha value is -1.81. The van der Waals surface area contributed by atoms with Crippen molar-refractivity contribution in [3.05, 3.63) is 36.0 Å². The van der Waals surface area contributed by atoms with Crippen molar-refractivity contribution in [3.63, 3.8) is 0 Å². The van der Waals surface area contributed by atoms with Gasteiger partial charge in [-0.2, -0.15) is 0 Å². The Bertz CT molecular complexity index is 516. The highest BCUT2D eigenvalue weighted by atomic mass is 16.5. The van der Waals surface area contributed by atoms with Gasteiger partial charge < -0.3 is 14.8 Å². The zero-order valence-electron chi connectivity index (χ0n) is 9.64. The molecule has 1 aromatic heterocycles. The summed E-state index contributed by atoms with van der Waals surface area (Å²) >= 11 is 0. The van der Waals surface area contributed by atoms with Crippen molar-refractivity contribution in [3.8, 4) is 0 Å². The molecular formula is C13H15NO3.